The Morgan fingerprint density at radius 1 is 1.30 bits per heavy atom. The lowest BCUT2D eigenvalue weighted by Gasteiger charge is -2.09. The molecule has 0 saturated heterocycles. The van der Waals surface area contributed by atoms with E-state index in [9.17, 15) is 0 Å². The van der Waals surface area contributed by atoms with Gasteiger partial charge in [-0.3, -0.25) is 0 Å². The van der Waals surface area contributed by atoms with Crippen LogP contribution in [0.4, 0.5) is 11.5 Å². The van der Waals surface area contributed by atoms with Gasteiger partial charge >= 0.3 is 0 Å². The van der Waals surface area contributed by atoms with Crippen molar-refractivity contribution in [3.05, 3.63) is 41.3 Å². The lowest BCUT2D eigenvalue weighted by atomic mass is 10.3. The molecule has 20 heavy (non-hydrogen) atoms. The van der Waals surface area contributed by atoms with Crippen LogP contribution in [0.2, 0.25) is 5.15 Å². The fraction of sp³-hybridized carbons (Fsp3) is 0.286. The standard InChI is InChI=1S/C14H16ClN3OS/c1-3-19-9-14-17-12(15)8-13(18-14)16-10-5-4-6-11(7-10)20-2/h4-8H,3,9H2,1-2H3,(H,16,17,18). The summed E-state index contributed by atoms with van der Waals surface area (Å²) < 4.78 is 5.30. The first-order valence-electron chi connectivity index (χ1n) is 6.23. The minimum absolute atomic E-state index is 0.358. The number of hydrogen-bond acceptors (Lipinski definition) is 5. The van der Waals surface area contributed by atoms with Crippen LogP contribution in [0.5, 0.6) is 0 Å². The summed E-state index contributed by atoms with van der Waals surface area (Å²) in [4.78, 5) is 9.70. The molecule has 6 heteroatoms. The van der Waals surface area contributed by atoms with Crippen LogP contribution in [0.3, 0.4) is 0 Å². The molecule has 0 spiro atoms. The second-order valence-electron chi connectivity index (χ2n) is 3.99. The fourth-order valence-electron chi connectivity index (χ4n) is 1.64. The highest BCUT2D eigenvalue weighted by molar-refractivity contribution is 7.98. The molecule has 0 radical (unpaired) electrons. The molecule has 1 aromatic heterocycles. The van der Waals surface area contributed by atoms with Crippen LogP contribution in [-0.4, -0.2) is 22.8 Å². The molecular formula is C14H16ClN3OS. The van der Waals surface area contributed by atoms with Crippen LogP contribution in [0.15, 0.2) is 35.2 Å². The molecule has 1 N–H and O–H groups in total. The number of aromatic nitrogens is 2. The molecule has 106 valence electrons. The molecule has 0 fully saturated rings. The predicted molar refractivity (Wildman–Crippen MR) is 83.9 cm³/mol. The Morgan fingerprint density at radius 2 is 2.15 bits per heavy atom. The van der Waals surface area contributed by atoms with E-state index < -0.39 is 0 Å². The topological polar surface area (TPSA) is 47.0 Å². The molecule has 1 aromatic carbocycles. The molecule has 2 aromatic rings. The Bertz CT molecular complexity index is 580. The predicted octanol–water partition coefficient (Wildman–Crippen LogP) is 4.13. The fourth-order valence-corrected chi connectivity index (χ4v) is 2.30. The van der Waals surface area contributed by atoms with Crippen molar-refractivity contribution in [3.63, 3.8) is 0 Å². The van der Waals surface area contributed by atoms with Gasteiger partial charge in [-0.15, -0.1) is 11.8 Å². The second-order valence-corrected chi connectivity index (χ2v) is 5.25. The number of anilines is 2. The van der Waals surface area contributed by atoms with Gasteiger partial charge in [-0.25, -0.2) is 9.97 Å². The first-order chi connectivity index (χ1) is 9.71. The van der Waals surface area contributed by atoms with Crippen LogP contribution in [0, 0.1) is 0 Å². The molecule has 0 atom stereocenters. The molecule has 0 unspecified atom stereocenters. The molecule has 0 saturated carbocycles. The van der Waals surface area contributed by atoms with E-state index >= 15 is 0 Å². The zero-order valence-electron chi connectivity index (χ0n) is 11.4. The first-order valence-corrected chi connectivity index (χ1v) is 7.84. The Labute approximate surface area is 127 Å². The van der Waals surface area contributed by atoms with E-state index in [0.717, 1.165) is 5.69 Å². The molecule has 0 aliphatic heterocycles. The number of nitrogens with zero attached hydrogens (tertiary/aromatic N) is 2. The molecular weight excluding hydrogens is 294 g/mol. The summed E-state index contributed by atoms with van der Waals surface area (Å²) in [6.07, 6.45) is 2.04. The minimum Gasteiger partial charge on any atom is -0.374 e. The highest BCUT2D eigenvalue weighted by Gasteiger charge is 2.04. The van der Waals surface area contributed by atoms with E-state index in [1.165, 1.54) is 4.90 Å². The van der Waals surface area contributed by atoms with Crippen LogP contribution < -0.4 is 5.32 Å². The molecule has 2 rings (SSSR count). The van der Waals surface area contributed by atoms with E-state index in [4.69, 9.17) is 16.3 Å². The van der Waals surface area contributed by atoms with E-state index in [2.05, 4.69) is 27.4 Å². The smallest absolute Gasteiger partial charge is 0.158 e. The summed E-state index contributed by atoms with van der Waals surface area (Å²) in [6, 6.07) is 9.80. The number of halogens is 1. The minimum atomic E-state index is 0.358. The SMILES string of the molecule is CCOCc1nc(Cl)cc(Nc2cccc(SC)c2)n1. The highest BCUT2D eigenvalue weighted by Crippen LogP contribution is 2.22. The van der Waals surface area contributed by atoms with E-state index in [-0.39, 0.29) is 0 Å². The zero-order valence-corrected chi connectivity index (χ0v) is 13.0. The molecule has 0 amide bonds. The van der Waals surface area contributed by atoms with Gasteiger partial charge in [0.1, 0.15) is 17.6 Å². The van der Waals surface area contributed by atoms with Crippen molar-refractivity contribution < 1.29 is 4.74 Å². The van der Waals surface area contributed by atoms with E-state index in [1.807, 2.05) is 25.3 Å². The number of rotatable bonds is 6. The van der Waals surface area contributed by atoms with Gasteiger partial charge in [0.15, 0.2) is 5.82 Å². The Morgan fingerprint density at radius 3 is 2.90 bits per heavy atom. The van der Waals surface area contributed by atoms with Gasteiger partial charge in [-0.1, -0.05) is 17.7 Å². The van der Waals surface area contributed by atoms with E-state index in [0.29, 0.717) is 30.0 Å². The third kappa shape index (κ3) is 4.37. The number of benzene rings is 1. The summed E-state index contributed by atoms with van der Waals surface area (Å²) in [5.41, 5.74) is 0.967. The number of ether oxygens (including phenoxy) is 1. The maximum Gasteiger partial charge on any atom is 0.158 e. The van der Waals surface area contributed by atoms with Gasteiger partial charge in [0.2, 0.25) is 0 Å². The number of hydrogen-bond donors (Lipinski definition) is 1. The third-order valence-corrected chi connectivity index (χ3v) is 3.44. The first kappa shape index (κ1) is 15.1. The van der Waals surface area contributed by atoms with Crippen molar-refractivity contribution in [2.75, 3.05) is 18.2 Å². The Balaban J connectivity index is 2.17. The van der Waals surface area contributed by atoms with Crippen molar-refractivity contribution in [1.82, 2.24) is 9.97 Å². The molecule has 0 aliphatic carbocycles. The summed E-state index contributed by atoms with van der Waals surface area (Å²) >= 11 is 7.70. The van der Waals surface area contributed by atoms with Gasteiger partial charge in [0.05, 0.1) is 0 Å². The maximum atomic E-state index is 6.00. The second kappa shape index (κ2) is 7.47. The molecule has 0 aliphatic rings. The number of thioether (sulfide) groups is 1. The summed E-state index contributed by atoms with van der Waals surface area (Å²) in [6.45, 7) is 2.91. The largest absolute Gasteiger partial charge is 0.374 e. The highest BCUT2D eigenvalue weighted by atomic mass is 35.5. The van der Waals surface area contributed by atoms with Gasteiger partial charge in [0.25, 0.3) is 0 Å². The average Bonchev–Trinajstić information content (AvgIpc) is 2.44. The van der Waals surface area contributed by atoms with Crippen molar-refractivity contribution >= 4 is 34.9 Å². The van der Waals surface area contributed by atoms with Crippen molar-refractivity contribution in [3.8, 4) is 0 Å². The molecule has 1 heterocycles. The molecule has 0 bridgehead atoms. The van der Waals surface area contributed by atoms with E-state index in [1.54, 1.807) is 17.8 Å². The Hall–Kier alpha value is -1.30. The van der Waals surface area contributed by atoms with Crippen molar-refractivity contribution in [2.45, 2.75) is 18.4 Å². The van der Waals surface area contributed by atoms with Crippen LogP contribution >= 0.6 is 23.4 Å². The third-order valence-electron chi connectivity index (χ3n) is 2.52. The van der Waals surface area contributed by atoms with Crippen LogP contribution in [0.1, 0.15) is 12.7 Å². The number of nitrogens with one attached hydrogen (secondary N) is 1. The maximum absolute atomic E-state index is 6.00. The Kier molecular flexibility index (Phi) is 5.64. The normalized spacial score (nSPS) is 10.6. The van der Waals surface area contributed by atoms with Gasteiger partial charge < -0.3 is 10.1 Å². The van der Waals surface area contributed by atoms with Crippen LogP contribution in [0.25, 0.3) is 0 Å². The van der Waals surface area contributed by atoms with Gasteiger partial charge in [0, 0.05) is 23.3 Å². The quantitative estimate of drug-likeness (QED) is 0.642. The zero-order chi connectivity index (χ0) is 14.4. The summed E-state index contributed by atoms with van der Waals surface area (Å²) in [7, 11) is 0. The van der Waals surface area contributed by atoms with Gasteiger partial charge in [-0.05, 0) is 31.4 Å². The lowest BCUT2D eigenvalue weighted by Crippen LogP contribution is -2.02. The lowest BCUT2D eigenvalue weighted by molar-refractivity contribution is 0.128. The molecule has 4 nitrogen and oxygen atoms in total. The average molecular weight is 310 g/mol. The summed E-state index contributed by atoms with van der Waals surface area (Å²) in [5, 5.41) is 3.63. The summed E-state index contributed by atoms with van der Waals surface area (Å²) in [5.74, 6) is 1.24. The van der Waals surface area contributed by atoms with Crippen molar-refractivity contribution in [2.24, 2.45) is 0 Å². The monoisotopic (exact) mass is 309 g/mol. The van der Waals surface area contributed by atoms with Crippen molar-refractivity contribution in [1.29, 1.82) is 0 Å². The van der Waals surface area contributed by atoms with Gasteiger partial charge in [-0.2, -0.15) is 0 Å². The van der Waals surface area contributed by atoms with Crippen LogP contribution in [-0.2, 0) is 11.3 Å².